The Labute approximate surface area is 111 Å². The molecule has 0 amide bonds. The number of anilines is 1. The van der Waals surface area contributed by atoms with Gasteiger partial charge in [-0.25, -0.2) is 0 Å². The highest BCUT2D eigenvalue weighted by Gasteiger charge is 2.34. The Kier molecular flexibility index (Phi) is 4.04. The second kappa shape index (κ2) is 5.41. The van der Waals surface area contributed by atoms with Gasteiger partial charge in [0, 0.05) is 19.3 Å². The minimum absolute atomic E-state index is 0.175. The third-order valence-electron chi connectivity index (χ3n) is 3.59. The van der Waals surface area contributed by atoms with E-state index in [4.69, 9.17) is 4.74 Å². The van der Waals surface area contributed by atoms with Gasteiger partial charge < -0.3 is 9.64 Å². The molecular weight excluding hydrogens is 255 g/mol. The predicted octanol–water partition coefficient (Wildman–Crippen LogP) is 3.63. The lowest BCUT2D eigenvalue weighted by Crippen LogP contribution is -2.33. The first kappa shape index (κ1) is 14.2. The van der Waals surface area contributed by atoms with E-state index in [-0.39, 0.29) is 11.6 Å². The summed E-state index contributed by atoms with van der Waals surface area (Å²) in [6.45, 7) is 2.83. The molecule has 1 aromatic rings. The van der Waals surface area contributed by atoms with Crippen molar-refractivity contribution >= 4 is 5.69 Å². The van der Waals surface area contributed by atoms with Crippen LogP contribution in [0.1, 0.15) is 24.0 Å². The number of benzene rings is 1. The van der Waals surface area contributed by atoms with Crippen LogP contribution in [0.15, 0.2) is 18.2 Å². The number of nitrogens with zero attached hydrogens (tertiary/aromatic N) is 1. The molecule has 1 saturated heterocycles. The molecule has 0 radical (unpaired) electrons. The maximum Gasteiger partial charge on any atom is 0.416 e. The summed E-state index contributed by atoms with van der Waals surface area (Å²) < 4.78 is 43.9. The standard InChI is InChI=1S/C14H18F3NO/c1-10-5-6-11(8-13(10)14(15,16)17)18-7-3-4-12(18)9-19-2/h5-6,8,12H,3-4,7,9H2,1-2H3/t12-/m1/s1. The van der Waals surface area contributed by atoms with E-state index in [9.17, 15) is 13.2 Å². The molecule has 0 aliphatic carbocycles. The van der Waals surface area contributed by atoms with Crippen LogP contribution < -0.4 is 4.90 Å². The largest absolute Gasteiger partial charge is 0.416 e. The molecule has 5 heteroatoms. The number of ether oxygens (including phenoxy) is 1. The number of halogens is 3. The zero-order chi connectivity index (χ0) is 14.0. The van der Waals surface area contributed by atoms with E-state index in [0.717, 1.165) is 19.4 Å². The van der Waals surface area contributed by atoms with E-state index >= 15 is 0 Å². The lowest BCUT2D eigenvalue weighted by atomic mass is 10.1. The molecule has 1 heterocycles. The van der Waals surface area contributed by atoms with Gasteiger partial charge in [0.15, 0.2) is 0 Å². The smallest absolute Gasteiger partial charge is 0.383 e. The summed E-state index contributed by atoms with van der Waals surface area (Å²) in [5, 5.41) is 0. The Hall–Kier alpha value is -1.23. The first-order valence-electron chi connectivity index (χ1n) is 6.37. The normalized spacial score (nSPS) is 20.1. The fourth-order valence-corrected chi connectivity index (χ4v) is 2.64. The molecule has 1 aliphatic heterocycles. The molecule has 106 valence electrons. The van der Waals surface area contributed by atoms with Crippen LogP contribution in [0, 0.1) is 6.92 Å². The van der Waals surface area contributed by atoms with Crippen molar-refractivity contribution in [3.05, 3.63) is 29.3 Å². The summed E-state index contributed by atoms with van der Waals surface area (Å²) >= 11 is 0. The predicted molar refractivity (Wildman–Crippen MR) is 68.4 cm³/mol. The van der Waals surface area contributed by atoms with Crippen molar-refractivity contribution < 1.29 is 17.9 Å². The van der Waals surface area contributed by atoms with E-state index in [2.05, 4.69) is 0 Å². The van der Waals surface area contributed by atoms with Crippen LogP contribution in [0.2, 0.25) is 0 Å². The van der Waals surface area contributed by atoms with E-state index < -0.39 is 11.7 Å². The van der Waals surface area contributed by atoms with Gasteiger partial charge in [-0.3, -0.25) is 0 Å². The van der Waals surface area contributed by atoms with Gasteiger partial charge in [-0.05, 0) is 37.5 Å². The molecular formula is C14H18F3NO. The molecule has 2 nitrogen and oxygen atoms in total. The first-order valence-corrected chi connectivity index (χ1v) is 6.37. The van der Waals surface area contributed by atoms with Crippen LogP contribution >= 0.6 is 0 Å². The zero-order valence-electron chi connectivity index (χ0n) is 11.1. The highest BCUT2D eigenvalue weighted by Crippen LogP contribution is 2.35. The average Bonchev–Trinajstić information content (AvgIpc) is 2.77. The summed E-state index contributed by atoms with van der Waals surface area (Å²) in [5.74, 6) is 0. The van der Waals surface area contributed by atoms with Gasteiger partial charge >= 0.3 is 6.18 Å². The summed E-state index contributed by atoms with van der Waals surface area (Å²) in [4.78, 5) is 2.01. The number of aryl methyl sites for hydroxylation is 1. The Bertz CT molecular complexity index is 445. The number of rotatable bonds is 3. The summed E-state index contributed by atoms with van der Waals surface area (Å²) in [6, 6.07) is 4.73. The summed E-state index contributed by atoms with van der Waals surface area (Å²) in [7, 11) is 1.62. The Morgan fingerprint density at radius 1 is 1.37 bits per heavy atom. The molecule has 1 fully saturated rings. The second-order valence-electron chi connectivity index (χ2n) is 4.94. The van der Waals surface area contributed by atoms with Crippen LogP contribution in [0.3, 0.4) is 0 Å². The van der Waals surface area contributed by atoms with Gasteiger partial charge in [-0.1, -0.05) is 6.07 Å². The minimum atomic E-state index is -4.30. The van der Waals surface area contributed by atoms with E-state index in [0.29, 0.717) is 12.3 Å². The molecule has 1 aromatic carbocycles. The first-order chi connectivity index (χ1) is 8.93. The topological polar surface area (TPSA) is 12.5 Å². The van der Waals surface area contributed by atoms with E-state index in [1.165, 1.54) is 13.0 Å². The molecule has 1 atom stereocenters. The maximum absolute atomic E-state index is 12.9. The molecule has 2 rings (SSSR count). The van der Waals surface area contributed by atoms with Crippen LogP contribution in [0.25, 0.3) is 0 Å². The lowest BCUT2D eigenvalue weighted by molar-refractivity contribution is -0.138. The molecule has 0 saturated carbocycles. The number of alkyl halides is 3. The summed E-state index contributed by atoms with van der Waals surface area (Å²) in [5.41, 5.74) is 0.351. The molecule has 1 aliphatic rings. The van der Waals surface area contributed by atoms with Gasteiger partial charge in [-0.15, -0.1) is 0 Å². The molecule has 0 bridgehead atoms. The Morgan fingerprint density at radius 2 is 2.11 bits per heavy atom. The van der Waals surface area contributed by atoms with Crippen LogP contribution in [-0.4, -0.2) is 26.3 Å². The third-order valence-corrected chi connectivity index (χ3v) is 3.59. The second-order valence-corrected chi connectivity index (χ2v) is 4.94. The summed E-state index contributed by atoms with van der Waals surface area (Å²) in [6.07, 6.45) is -2.34. The molecule has 0 unspecified atom stereocenters. The van der Waals surface area contributed by atoms with Crippen molar-refractivity contribution in [1.82, 2.24) is 0 Å². The zero-order valence-corrected chi connectivity index (χ0v) is 11.1. The van der Waals surface area contributed by atoms with Gasteiger partial charge in [0.25, 0.3) is 0 Å². The average molecular weight is 273 g/mol. The highest BCUT2D eigenvalue weighted by atomic mass is 19.4. The molecule has 0 spiro atoms. The Morgan fingerprint density at radius 3 is 2.74 bits per heavy atom. The van der Waals surface area contributed by atoms with Gasteiger partial charge in [0.05, 0.1) is 18.2 Å². The van der Waals surface area contributed by atoms with E-state index in [1.54, 1.807) is 19.2 Å². The molecule has 0 aromatic heterocycles. The van der Waals surface area contributed by atoms with Crippen molar-refractivity contribution in [2.75, 3.05) is 25.2 Å². The number of hydrogen-bond donors (Lipinski definition) is 0. The highest BCUT2D eigenvalue weighted by molar-refractivity contribution is 5.53. The maximum atomic E-state index is 12.9. The van der Waals surface area contributed by atoms with Crippen molar-refractivity contribution in [2.24, 2.45) is 0 Å². The molecule has 19 heavy (non-hydrogen) atoms. The van der Waals surface area contributed by atoms with Crippen molar-refractivity contribution in [1.29, 1.82) is 0 Å². The van der Waals surface area contributed by atoms with Gasteiger partial charge in [0.2, 0.25) is 0 Å². The SMILES string of the molecule is COC[C@H]1CCCN1c1ccc(C)c(C(F)(F)F)c1. The van der Waals surface area contributed by atoms with Crippen molar-refractivity contribution in [3.63, 3.8) is 0 Å². The minimum Gasteiger partial charge on any atom is -0.383 e. The van der Waals surface area contributed by atoms with Crippen LogP contribution in [0.5, 0.6) is 0 Å². The quantitative estimate of drug-likeness (QED) is 0.834. The van der Waals surface area contributed by atoms with Gasteiger partial charge in [0.1, 0.15) is 0 Å². The van der Waals surface area contributed by atoms with Crippen molar-refractivity contribution in [2.45, 2.75) is 32.0 Å². The van der Waals surface area contributed by atoms with E-state index in [1.807, 2.05) is 4.90 Å². The fourth-order valence-electron chi connectivity index (χ4n) is 2.64. The number of methoxy groups -OCH3 is 1. The van der Waals surface area contributed by atoms with Crippen molar-refractivity contribution in [3.8, 4) is 0 Å². The molecule has 0 N–H and O–H groups in total. The van der Waals surface area contributed by atoms with Crippen LogP contribution in [-0.2, 0) is 10.9 Å². The monoisotopic (exact) mass is 273 g/mol. The fraction of sp³-hybridized carbons (Fsp3) is 0.571. The third kappa shape index (κ3) is 3.03. The van der Waals surface area contributed by atoms with Gasteiger partial charge in [-0.2, -0.15) is 13.2 Å². The number of hydrogen-bond acceptors (Lipinski definition) is 2. The Balaban J connectivity index is 2.30. The van der Waals surface area contributed by atoms with Crippen LogP contribution in [0.4, 0.5) is 18.9 Å². The lowest BCUT2D eigenvalue weighted by Gasteiger charge is -2.27.